The van der Waals surface area contributed by atoms with E-state index >= 15 is 0 Å². The maximum atomic E-state index is 13.5. The van der Waals surface area contributed by atoms with Gasteiger partial charge < -0.3 is 4.74 Å². The van der Waals surface area contributed by atoms with Gasteiger partial charge in [-0.25, -0.2) is 4.68 Å². The first-order valence-electron chi connectivity index (χ1n) is 14.4. The monoisotopic (exact) mass is 575 g/mol. The number of aromatic nitrogens is 5. The van der Waals surface area contributed by atoms with Crippen molar-refractivity contribution >= 4 is 22.4 Å². The fourth-order valence-corrected chi connectivity index (χ4v) is 5.82. The van der Waals surface area contributed by atoms with Crippen molar-refractivity contribution in [3.8, 4) is 34.1 Å². The van der Waals surface area contributed by atoms with E-state index in [0.29, 0.717) is 21.9 Å². The molecule has 0 bridgehead atoms. The Morgan fingerprint density at radius 1 is 0.929 bits per heavy atom. The lowest BCUT2D eigenvalue weighted by molar-refractivity contribution is 0.305. The predicted molar refractivity (Wildman–Crippen MR) is 169 cm³/mol. The van der Waals surface area contributed by atoms with Gasteiger partial charge >= 0.3 is 0 Å². The Morgan fingerprint density at radius 3 is 2.50 bits per heavy atom. The van der Waals surface area contributed by atoms with Gasteiger partial charge in [0, 0.05) is 22.9 Å². The number of thiazole rings is 1. The molecule has 7 nitrogen and oxygen atoms in total. The van der Waals surface area contributed by atoms with Gasteiger partial charge in [-0.1, -0.05) is 73.4 Å². The van der Waals surface area contributed by atoms with Gasteiger partial charge in [-0.2, -0.15) is 14.6 Å². The fourth-order valence-electron chi connectivity index (χ4n) is 4.92. The summed E-state index contributed by atoms with van der Waals surface area (Å²) in [5.41, 5.74) is 6.60. The van der Waals surface area contributed by atoms with E-state index in [4.69, 9.17) is 9.84 Å². The van der Waals surface area contributed by atoms with Crippen LogP contribution in [0.1, 0.15) is 49.3 Å². The van der Waals surface area contributed by atoms with E-state index in [1.165, 1.54) is 35.1 Å². The van der Waals surface area contributed by atoms with Gasteiger partial charge in [0.25, 0.3) is 5.56 Å². The summed E-state index contributed by atoms with van der Waals surface area (Å²) in [6, 6.07) is 24.1. The maximum absolute atomic E-state index is 13.5. The summed E-state index contributed by atoms with van der Waals surface area (Å²) < 4.78 is 9.67. The van der Waals surface area contributed by atoms with Crippen molar-refractivity contribution < 1.29 is 4.74 Å². The number of benzene rings is 3. The zero-order chi connectivity index (χ0) is 29.1. The number of aryl methyl sites for hydroxylation is 2. The third-order valence-corrected chi connectivity index (χ3v) is 8.22. The molecular formula is C34H33N5O2S. The van der Waals surface area contributed by atoms with Crippen LogP contribution >= 0.6 is 11.3 Å². The molecule has 212 valence electrons. The number of nitrogens with zero attached hydrogens (tertiary/aromatic N) is 5. The lowest BCUT2D eigenvalue weighted by Crippen LogP contribution is -2.23. The smallest absolute Gasteiger partial charge is 0.291 e. The lowest BCUT2D eigenvalue weighted by Gasteiger charge is -2.06. The van der Waals surface area contributed by atoms with Crippen molar-refractivity contribution in [2.24, 2.45) is 0 Å². The van der Waals surface area contributed by atoms with Gasteiger partial charge in [-0.15, -0.1) is 5.10 Å². The minimum Gasteiger partial charge on any atom is -0.494 e. The Hall–Kier alpha value is -4.56. The number of hydrogen-bond acceptors (Lipinski definition) is 6. The van der Waals surface area contributed by atoms with E-state index in [1.807, 2.05) is 71.6 Å². The third-order valence-electron chi connectivity index (χ3n) is 7.26. The molecule has 0 aliphatic heterocycles. The first-order valence-corrected chi connectivity index (χ1v) is 15.2. The molecule has 0 aliphatic carbocycles. The quantitative estimate of drug-likeness (QED) is 0.168. The van der Waals surface area contributed by atoms with Crippen LogP contribution in [0.4, 0.5) is 0 Å². The van der Waals surface area contributed by atoms with Crippen LogP contribution in [-0.4, -0.2) is 31.0 Å². The largest absolute Gasteiger partial charge is 0.494 e. The molecule has 3 heterocycles. The highest BCUT2D eigenvalue weighted by molar-refractivity contribution is 7.15. The maximum Gasteiger partial charge on any atom is 0.291 e. The molecule has 0 unspecified atom stereocenters. The highest BCUT2D eigenvalue weighted by atomic mass is 32.1. The third kappa shape index (κ3) is 5.76. The van der Waals surface area contributed by atoms with Crippen molar-refractivity contribution in [1.82, 2.24) is 24.4 Å². The normalized spacial score (nSPS) is 11.9. The molecule has 8 heteroatoms. The van der Waals surface area contributed by atoms with Crippen molar-refractivity contribution in [2.45, 2.75) is 46.5 Å². The topological polar surface area (TPSA) is 74.3 Å². The fraction of sp³-hybridized carbons (Fsp3) is 0.235. The van der Waals surface area contributed by atoms with Crippen LogP contribution < -0.4 is 14.8 Å². The summed E-state index contributed by atoms with van der Waals surface area (Å²) in [4.78, 5) is 18.7. The van der Waals surface area contributed by atoms with Crippen LogP contribution in [0, 0.1) is 13.8 Å². The SMILES string of the molecule is CCCCCCOc1ccc(-c2nc3s/c(=C\c4cn(-c5ccccc5)nc4-c4cc(C)ccc4C)c(=O)n3n2)cc1. The van der Waals surface area contributed by atoms with Crippen LogP contribution in [0.25, 0.3) is 39.4 Å². The van der Waals surface area contributed by atoms with Crippen LogP contribution in [0.5, 0.6) is 5.75 Å². The molecule has 42 heavy (non-hydrogen) atoms. The van der Waals surface area contributed by atoms with E-state index in [2.05, 4.69) is 49.1 Å². The number of para-hydroxylation sites is 1. The van der Waals surface area contributed by atoms with Gasteiger partial charge in [0.15, 0.2) is 5.82 Å². The van der Waals surface area contributed by atoms with E-state index < -0.39 is 0 Å². The number of fused-ring (bicyclic) bond motifs is 1. The molecule has 3 aromatic heterocycles. The van der Waals surface area contributed by atoms with Crippen molar-refractivity contribution in [1.29, 1.82) is 0 Å². The van der Waals surface area contributed by atoms with Crippen LogP contribution in [0.3, 0.4) is 0 Å². The highest BCUT2D eigenvalue weighted by Gasteiger charge is 2.16. The zero-order valence-electron chi connectivity index (χ0n) is 24.1. The summed E-state index contributed by atoms with van der Waals surface area (Å²) in [6.07, 6.45) is 8.56. The van der Waals surface area contributed by atoms with Crippen LogP contribution in [0.2, 0.25) is 0 Å². The highest BCUT2D eigenvalue weighted by Crippen LogP contribution is 2.28. The van der Waals surface area contributed by atoms with E-state index in [0.717, 1.165) is 51.4 Å². The van der Waals surface area contributed by atoms with Crippen LogP contribution in [0.15, 0.2) is 83.8 Å². The Balaban J connectivity index is 1.32. The molecule has 0 radical (unpaired) electrons. The van der Waals surface area contributed by atoms with E-state index in [-0.39, 0.29) is 5.56 Å². The number of rotatable bonds is 10. The number of unbranched alkanes of at least 4 members (excludes halogenated alkanes) is 3. The summed E-state index contributed by atoms with van der Waals surface area (Å²) in [7, 11) is 0. The second kappa shape index (κ2) is 12.1. The average Bonchev–Trinajstić information content (AvgIpc) is 3.70. The Morgan fingerprint density at radius 2 is 1.74 bits per heavy atom. The van der Waals surface area contributed by atoms with Crippen molar-refractivity contribution in [2.75, 3.05) is 6.61 Å². The first kappa shape index (κ1) is 27.6. The molecule has 6 rings (SSSR count). The average molecular weight is 576 g/mol. The van der Waals surface area contributed by atoms with Gasteiger partial charge in [-0.05, 0) is 74.4 Å². The summed E-state index contributed by atoms with van der Waals surface area (Å²) in [6.45, 7) is 7.07. The molecule has 0 aliphatic rings. The molecule has 0 saturated carbocycles. The van der Waals surface area contributed by atoms with Gasteiger partial charge in [0.2, 0.25) is 4.96 Å². The molecule has 0 fully saturated rings. The number of ether oxygens (including phenoxy) is 1. The van der Waals surface area contributed by atoms with E-state index in [1.54, 1.807) is 0 Å². The second-order valence-electron chi connectivity index (χ2n) is 10.5. The van der Waals surface area contributed by atoms with E-state index in [9.17, 15) is 4.79 Å². The minimum absolute atomic E-state index is 0.194. The molecule has 0 spiro atoms. The minimum atomic E-state index is -0.194. The Bertz CT molecular complexity index is 1940. The lowest BCUT2D eigenvalue weighted by atomic mass is 10.0. The molecule has 0 amide bonds. The standard InChI is InChI=1S/C34H33N5O2S/c1-4-5-6-10-19-41-28-17-15-25(16-18-28)32-35-34-39(37-32)33(40)30(42-34)21-26-22-38(27-11-8-7-9-12-27)36-31(26)29-20-23(2)13-14-24(29)3/h7-9,11-18,20-22H,4-6,10,19H2,1-3H3/b30-21-. The molecule has 0 saturated heterocycles. The predicted octanol–water partition coefficient (Wildman–Crippen LogP) is 6.79. The van der Waals surface area contributed by atoms with Crippen molar-refractivity contribution in [3.05, 3.63) is 111 Å². The summed E-state index contributed by atoms with van der Waals surface area (Å²) >= 11 is 1.33. The molecule has 6 aromatic rings. The summed E-state index contributed by atoms with van der Waals surface area (Å²) in [5.74, 6) is 1.35. The van der Waals surface area contributed by atoms with Crippen molar-refractivity contribution in [3.63, 3.8) is 0 Å². The zero-order valence-corrected chi connectivity index (χ0v) is 24.9. The molecule has 0 atom stereocenters. The molecule has 0 N–H and O–H groups in total. The second-order valence-corrected chi connectivity index (χ2v) is 11.5. The molecular weight excluding hydrogens is 542 g/mol. The van der Waals surface area contributed by atoms with Gasteiger partial charge in [-0.3, -0.25) is 4.79 Å². The summed E-state index contributed by atoms with van der Waals surface area (Å²) in [5, 5.41) is 9.50. The van der Waals surface area contributed by atoms with Gasteiger partial charge in [0.05, 0.1) is 16.8 Å². The Labute approximate surface area is 248 Å². The van der Waals surface area contributed by atoms with Gasteiger partial charge in [0.1, 0.15) is 11.4 Å². The number of hydrogen-bond donors (Lipinski definition) is 0. The Kier molecular flexibility index (Phi) is 7.97. The molecule has 3 aromatic carbocycles. The first-order chi connectivity index (χ1) is 20.5. The van der Waals surface area contributed by atoms with Crippen LogP contribution in [-0.2, 0) is 0 Å².